The van der Waals surface area contributed by atoms with E-state index >= 15 is 0 Å². The molecule has 1 aromatic carbocycles. The van der Waals surface area contributed by atoms with E-state index in [-0.39, 0.29) is 0 Å². The summed E-state index contributed by atoms with van der Waals surface area (Å²) in [6.07, 6.45) is 11.6. The van der Waals surface area contributed by atoms with Gasteiger partial charge in [0.1, 0.15) is 5.75 Å². The Labute approximate surface area is 131 Å². The average Bonchev–Trinajstić information content (AvgIpc) is 2.50. The van der Waals surface area contributed by atoms with Gasteiger partial charge >= 0.3 is 0 Å². The van der Waals surface area contributed by atoms with Crippen molar-refractivity contribution in [3.63, 3.8) is 0 Å². The zero-order chi connectivity index (χ0) is 15.2. The van der Waals surface area contributed by atoms with Crippen molar-refractivity contribution in [2.45, 2.75) is 71.6 Å². The molecule has 0 radical (unpaired) electrons. The lowest BCUT2D eigenvalue weighted by Crippen LogP contribution is -1.97. The first-order chi connectivity index (χ1) is 10.3. The third-order valence-corrected chi connectivity index (χ3v) is 3.66. The van der Waals surface area contributed by atoms with Crippen LogP contribution in [0.2, 0.25) is 0 Å². The van der Waals surface area contributed by atoms with E-state index in [1.54, 1.807) is 0 Å². The van der Waals surface area contributed by atoms with Gasteiger partial charge in [-0.25, -0.2) is 0 Å². The third kappa shape index (κ3) is 10.0. The van der Waals surface area contributed by atoms with Crippen LogP contribution in [-0.4, -0.2) is 6.61 Å². The van der Waals surface area contributed by atoms with Gasteiger partial charge in [-0.1, -0.05) is 56.2 Å². The fraction of sp³-hybridized carbons (Fsp3) is 0.600. The molecule has 1 rings (SSSR count). The molecule has 1 aromatic rings. The molecule has 1 heteroatoms. The minimum atomic E-state index is 0.846. The lowest BCUT2D eigenvalue weighted by atomic mass is 10.1. The topological polar surface area (TPSA) is 9.23 Å². The van der Waals surface area contributed by atoms with Crippen LogP contribution in [0.4, 0.5) is 0 Å². The molecule has 0 aliphatic carbocycles. The van der Waals surface area contributed by atoms with Crippen LogP contribution in [0, 0.1) is 18.8 Å². The number of hydrogen-bond acceptors (Lipinski definition) is 1. The highest BCUT2D eigenvalue weighted by Gasteiger charge is 1.95. The number of aryl methyl sites for hydroxylation is 1. The molecule has 0 aromatic heterocycles. The maximum absolute atomic E-state index is 5.73. The molecule has 0 aliphatic heterocycles. The quantitative estimate of drug-likeness (QED) is 0.363. The minimum Gasteiger partial charge on any atom is -0.494 e. The fourth-order valence-electron chi connectivity index (χ4n) is 2.33. The van der Waals surface area contributed by atoms with Crippen LogP contribution in [0.15, 0.2) is 24.3 Å². The molecule has 0 N–H and O–H groups in total. The second kappa shape index (κ2) is 12.3. The van der Waals surface area contributed by atoms with E-state index in [1.165, 1.54) is 56.9 Å². The van der Waals surface area contributed by atoms with Crippen LogP contribution in [0.1, 0.15) is 70.3 Å². The Morgan fingerprint density at radius 3 is 2.00 bits per heavy atom. The van der Waals surface area contributed by atoms with Crippen molar-refractivity contribution in [3.8, 4) is 17.6 Å². The van der Waals surface area contributed by atoms with Crippen LogP contribution < -0.4 is 4.74 Å². The highest BCUT2D eigenvalue weighted by Crippen LogP contribution is 2.13. The van der Waals surface area contributed by atoms with Crippen molar-refractivity contribution < 1.29 is 4.74 Å². The Bertz CT molecular complexity index is 408. The van der Waals surface area contributed by atoms with E-state index in [4.69, 9.17) is 4.74 Å². The molecule has 116 valence electrons. The second-order valence-electron chi connectivity index (χ2n) is 5.67. The van der Waals surface area contributed by atoms with E-state index in [0.29, 0.717) is 0 Å². The molecule has 0 saturated carbocycles. The first kappa shape index (κ1) is 17.6. The van der Waals surface area contributed by atoms with Crippen molar-refractivity contribution in [2.75, 3.05) is 6.61 Å². The molecule has 0 aliphatic rings. The number of unbranched alkanes of at least 4 members (excludes halogenated alkanes) is 8. The predicted octanol–water partition coefficient (Wildman–Crippen LogP) is 5.91. The van der Waals surface area contributed by atoms with Crippen LogP contribution in [0.5, 0.6) is 5.75 Å². The lowest BCUT2D eigenvalue weighted by molar-refractivity contribution is 0.304. The zero-order valence-electron chi connectivity index (χ0n) is 13.8. The van der Waals surface area contributed by atoms with E-state index in [2.05, 4.69) is 43.0 Å². The van der Waals surface area contributed by atoms with E-state index < -0.39 is 0 Å². The molecular weight excluding hydrogens is 256 g/mol. The smallest absolute Gasteiger partial charge is 0.119 e. The van der Waals surface area contributed by atoms with Gasteiger partial charge in [0.25, 0.3) is 0 Å². The molecule has 0 bridgehead atoms. The summed E-state index contributed by atoms with van der Waals surface area (Å²) in [5.41, 5.74) is 1.28. The van der Waals surface area contributed by atoms with Crippen molar-refractivity contribution in [1.82, 2.24) is 0 Å². The summed E-state index contributed by atoms with van der Waals surface area (Å²) < 4.78 is 5.73. The molecule has 21 heavy (non-hydrogen) atoms. The van der Waals surface area contributed by atoms with Crippen LogP contribution in [0.25, 0.3) is 0 Å². The van der Waals surface area contributed by atoms with Crippen molar-refractivity contribution in [2.24, 2.45) is 0 Å². The molecule has 0 spiro atoms. The standard InChI is InChI=1S/C20H30O/c1-3-4-5-6-7-8-9-10-11-12-13-18-21-20-16-14-19(2)15-17-20/h14-17H,5-13,18H2,1-2H3. The summed E-state index contributed by atoms with van der Waals surface area (Å²) in [5, 5.41) is 0. The van der Waals surface area contributed by atoms with Gasteiger partial charge < -0.3 is 4.74 Å². The summed E-state index contributed by atoms with van der Waals surface area (Å²) in [7, 11) is 0. The molecule has 0 saturated heterocycles. The van der Waals surface area contributed by atoms with Crippen LogP contribution in [0.3, 0.4) is 0 Å². The number of rotatable bonds is 11. The minimum absolute atomic E-state index is 0.846. The Kier molecular flexibility index (Phi) is 10.4. The van der Waals surface area contributed by atoms with Gasteiger partial charge in [-0.05, 0) is 38.8 Å². The molecular formula is C20H30O. The predicted molar refractivity (Wildman–Crippen MR) is 91.7 cm³/mol. The van der Waals surface area contributed by atoms with Gasteiger partial charge in [-0.2, -0.15) is 0 Å². The van der Waals surface area contributed by atoms with Crippen LogP contribution in [-0.2, 0) is 0 Å². The highest BCUT2D eigenvalue weighted by atomic mass is 16.5. The summed E-state index contributed by atoms with van der Waals surface area (Å²) in [6.45, 7) is 4.86. The van der Waals surface area contributed by atoms with E-state index in [0.717, 1.165) is 18.8 Å². The maximum Gasteiger partial charge on any atom is 0.119 e. The summed E-state index contributed by atoms with van der Waals surface area (Å²) >= 11 is 0. The van der Waals surface area contributed by atoms with E-state index in [9.17, 15) is 0 Å². The Morgan fingerprint density at radius 1 is 0.810 bits per heavy atom. The average molecular weight is 286 g/mol. The molecule has 0 atom stereocenters. The Balaban J connectivity index is 1.84. The van der Waals surface area contributed by atoms with Gasteiger partial charge in [0.2, 0.25) is 0 Å². The Morgan fingerprint density at radius 2 is 1.38 bits per heavy atom. The van der Waals surface area contributed by atoms with Crippen LogP contribution >= 0.6 is 0 Å². The van der Waals surface area contributed by atoms with Gasteiger partial charge in [0.05, 0.1) is 6.61 Å². The van der Waals surface area contributed by atoms with Gasteiger partial charge in [-0.15, -0.1) is 11.8 Å². The monoisotopic (exact) mass is 286 g/mol. The molecule has 0 amide bonds. The fourth-order valence-corrected chi connectivity index (χ4v) is 2.33. The Hall–Kier alpha value is -1.42. The zero-order valence-corrected chi connectivity index (χ0v) is 13.8. The first-order valence-corrected chi connectivity index (χ1v) is 8.42. The molecule has 0 heterocycles. The summed E-state index contributed by atoms with van der Waals surface area (Å²) in [4.78, 5) is 0. The second-order valence-corrected chi connectivity index (χ2v) is 5.67. The van der Waals surface area contributed by atoms with Crippen molar-refractivity contribution in [3.05, 3.63) is 29.8 Å². The lowest BCUT2D eigenvalue weighted by Gasteiger charge is -2.06. The van der Waals surface area contributed by atoms with Gasteiger partial charge in [0, 0.05) is 6.42 Å². The first-order valence-electron chi connectivity index (χ1n) is 8.42. The highest BCUT2D eigenvalue weighted by molar-refractivity contribution is 5.26. The normalized spacial score (nSPS) is 10.0. The summed E-state index contributed by atoms with van der Waals surface area (Å²) in [5.74, 6) is 7.07. The molecule has 0 fully saturated rings. The number of benzene rings is 1. The van der Waals surface area contributed by atoms with Gasteiger partial charge in [0.15, 0.2) is 0 Å². The van der Waals surface area contributed by atoms with Crippen molar-refractivity contribution >= 4 is 0 Å². The molecule has 1 nitrogen and oxygen atoms in total. The third-order valence-electron chi connectivity index (χ3n) is 3.66. The largest absolute Gasteiger partial charge is 0.494 e. The van der Waals surface area contributed by atoms with Crippen molar-refractivity contribution in [1.29, 1.82) is 0 Å². The van der Waals surface area contributed by atoms with E-state index in [1.807, 2.05) is 6.92 Å². The maximum atomic E-state index is 5.73. The summed E-state index contributed by atoms with van der Waals surface area (Å²) in [6, 6.07) is 8.30. The molecule has 0 unspecified atom stereocenters. The SMILES string of the molecule is CC#CCCCCCCCCCCOc1ccc(C)cc1. The number of ether oxygens (including phenoxy) is 1. The number of hydrogen-bond donors (Lipinski definition) is 0. The van der Waals surface area contributed by atoms with Gasteiger partial charge in [-0.3, -0.25) is 0 Å².